The van der Waals surface area contributed by atoms with Crippen molar-refractivity contribution in [3.8, 4) is 0 Å². The second kappa shape index (κ2) is 8.32. The highest BCUT2D eigenvalue weighted by Crippen LogP contribution is 2.22. The van der Waals surface area contributed by atoms with E-state index in [0.717, 1.165) is 13.1 Å². The SMILES string of the molecule is CCO[C@H]1CN(C)C[C@@H]1NC(=O)Nc1ccc(C(=O)OC)c(Cl)c1. The summed E-state index contributed by atoms with van der Waals surface area (Å²) in [6, 6.07) is 4.18. The van der Waals surface area contributed by atoms with Crippen molar-refractivity contribution in [3.05, 3.63) is 28.8 Å². The number of carbonyl (C=O) groups excluding carboxylic acids is 2. The van der Waals surface area contributed by atoms with Gasteiger partial charge in [0, 0.05) is 25.4 Å². The standard InChI is InChI=1S/C16H22ClN3O4/c1-4-24-14-9-20(2)8-13(14)19-16(22)18-10-5-6-11(12(17)7-10)15(21)23-3/h5-7,13-14H,4,8-9H2,1-3H3,(H2,18,19,22)/t13-,14-/m0/s1. The fraction of sp³-hybridized carbons (Fsp3) is 0.500. The van der Waals surface area contributed by atoms with Crippen LogP contribution in [0.5, 0.6) is 0 Å². The zero-order chi connectivity index (χ0) is 17.7. The molecule has 2 atom stereocenters. The van der Waals surface area contributed by atoms with Crippen LogP contribution in [0.2, 0.25) is 5.02 Å². The van der Waals surface area contributed by atoms with E-state index >= 15 is 0 Å². The largest absolute Gasteiger partial charge is 0.465 e. The Balaban J connectivity index is 1.97. The average Bonchev–Trinajstić information content (AvgIpc) is 2.86. The van der Waals surface area contributed by atoms with Crippen molar-refractivity contribution >= 4 is 29.3 Å². The molecule has 2 rings (SSSR count). The minimum atomic E-state index is -0.524. The maximum absolute atomic E-state index is 12.2. The van der Waals surface area contributed by atoms with Gasteiger partial charge in [0.25, 0.3) is 0 Å². The number of likely N-dealkylation sites (N-methyl/N-ethyl adjacent to an activating group) is 1. The summed E-state index contributed by atoms with van der Waals surface area (Å²) < 4.78 is 10.3. The molecule has 0 radical (unpaired) electrons. The first kappa shape index (κ1) is 18.5. The zero-order valence-electron chi connectivity index (χ0n) is 14.0. The van der Waals surface area contributed by atoms with Gasteiger partial charge in [0.05, 0.1) is 29.8 Å². The highest BCUT2D eigenvalue weighted by molar-refractivity contribution is 6.33. The number of carbonyl (C=O) groups is 2. The van der Waals surface area contributed by atoms with E-state index in [2.05, 4.69) is 20.3 Å². The third kappa shape index (κ3) is 4.59. The van der Waals surface area contributed by atoms with Gasteiger partial charge in [-0.2, -0.15) is 0 Å². The number of nitrogens with zero attached hydrogens (tertiary/aromatic N) is 1. The van der Waals surface area contributed by atoms with Crippen LogP contribution < -0.4 is 10.6 Å². The van der Waals surface area contributed by atoms with Crippen LogP contribution in [0.25, 0.3) is 0 Å². The molecule has 0 unspecified atom stereocenters. The molecule has 1 saturated heterocycles. The number of esters is 1. The highest BCUT2D eigenvalue weighted by Gasteiger charge is 2.32. The summed E-state index contributed by atoms with van der Waals surface area (Å²) >= 11 is 6.04. The molecule has 7 nitrogen and oxygen atoms in total. The van der Waals surface area contributed by atoms with Crippen molar-refractivity contribution in [2.45, 2.75) is 19.1 Å². The molecule has 1 aromatic rings. The van der Waals surface area contributed by atoms with Gasteiger partial charge < -0.3 is 25.0 Å². The van der Waals surface area contributed by atoms with Crippen LogP contribution in [-0.2, 0) is 9.47 Å². The molecule has 0 aromatic heterocycles. The Morgan fingerprint density at radius 3 is 2.75 bits per heavy atom. The average molecular weight is 356 g/mol. The van der Waals surface area contributed by atoms with Gasteiger partial charge >= 0.3 is 12.0 Å². The number of anilines is 1. The summed E-state index contributed by atoms with van der Waals surface area (Å²) in [5.41, 5.74) is 0.739. The van der Waals surface area contributed by atoms with Gasteiger partial charge in [0.15, 0.2) is 0 Å². The topological polar surface area (TPSA) is 79.9 Å². The lowest BCUT2D eigenvalue weighted by Crippen LogP contribution is -2.45. The number of urea groups is 1. The number of nitrogens with one attached hydrogen (secondary N) is 2. The Hall–Kier alpha value is -1.83. The zero-order valence-corrected chi connectivity index (χ0v) is 14.7. The molecule has 2 N–H and O–H groups in total. The third-order valence-electron chi connectivity index (χ3n) is 3.78. The number of likely N-dealkylation sites (tertiary alicyclic amines) is 1. The molecule has 0 bridgehead atoms. The Bertz CT molecular complexity index is 611. The monoisotopic (exact) mass is 355 g/mol. The first-order valence-corrected chi connectivity index (χ1v) is 8.08. The van der Waals surface area contributed by atoms with E-state index in [9.17, 15) is 9.59 Å². The molecule has 8 heteroatoms. The number of ether oxygens (including phenoxy) is 2. The predicted molar refractivity (Wildman–Crippen MR) is 91.6 cm³/mol. The van der Waals surface area contributed by atoms with E-state index < -0.39 is 5.97 Å². The molecule has 1 aliphatic heterocycles. The van der Waals surface area contributed by atoms with E-state index in [1.54, 1.807) is 6.07 Å². The van der Waals surface area contributed by atoms with E-state index in [1.165, 1.54) is 19.2 Å². The van der Waals surface area contributed by atoms with Crippen LogP contribution in [0.4, 0.5) is 10.5 Å². The van der Waals surface area contributed by atoms with Gasteiger partial charge in [-0.3, -0.25) is 0 Å². The number of hydrogen-bond acceptors (Lipinski definition) is 5. The summed E-state index contributed by atoms with van der Waals surface area (Å²) in [5.74, 6) is -0.524. The maximum atomic E-state index is 12.2. The predicted octanol–water partition coefficient (Wildman–Crippen LogP) is 1.97. The lowest BCUT2D eigenvalue weighted by molar-refractivity contribution is 0.0568. The van der Waals surface area contributed by atoms with Gasteiger partial charge in [0.2, 0.25) is 0 Å². The van der Waals surface area contributed by atoms with Crippen LogP contribution in [0.3, 0.4) is 0 Å². The molecule has 1 fully saturated rings. The van der Waals surface area contributed by atoms with Crippen molar-refractivity contribution in [1.29, 1.82) is 0 Å². The highest BCUT2D eigenvalue weighted by atomic mass is 35.5. The molecular formula is C16H22ClN3O4. The van der Waals surface area contributed by atoms with E-state index in [4.69, 9.17) is 16.3 Å². The molecule has 1 aliphatic rings. The molecule has 0 spiro atoms. The number of rotatable bonds is 5. The lowest BCUT2D eigenvalue weighted by Gasteiger charge is -2.20. The Morgan fingerprint density at radius 1 is 1.38 bits per heavy atom. The van der Waals surface area contributed by atoms with E-state index in [1.807, 2.05) is 14.0 Å². The third-order valence-corrected chi connectivity index (χ3v) is 4.09. The second-order valence-corrected chi connectivity index (χ2v) is 6.01. The molecule has 2 amide bonds. The van der Waals surface area contributed by atoms with Gasteiger partial charge in [0.1, 0.15) is 0 Å². The summed E-state index contributed by atoms with van der Waals surface area (Å²) in [6.07, 6.45) is -0.0314. The molecular weight excluding hydrogens is 334 g/mol. The Labute approximate surface area is 146 Å². The minimum Gasteiger partial charge on any atom is -0.465 e. The van der Waals surface area contributed by atoms with Crippen molar-refractivity contribution in [3.63, 3.8) is 0 Å². The smallest absolute Gasteiger partial charge is 0.339 e. The minimum absolute atomic E-state index is 0.0314. The first-order valence-electron chi connectivity index (χ1n) is 7.70. The summed E-state index contributed by atoms with van der Waals surface area (Å²) in [5, 5.41) is 5.84. The van der Waals surface area contributed by atoms with Crippen molar-refractivity contribution in [1.82, 2.24) is 10.2 Å². The maximum Gasteiger partial charge on any atom is 0.339 e. The van der Waals surface area contributed by atoms with Crippen molar-refractivity contribution < 1.29 is 19.1 Å². The first-order chi connectivity index (χ1) is 11.4. The van der Waals surface area contributed by atoms with Gasteiger partial charge in [-0.1, -0.05) is 11.6 Å². The number of halogens is 1. The summed E-state index contributed by atoms with van der Waals surface area (Å²) in [7, 11) is 3.27. The molecule has 0 aliphatic carbocycles. The van der Waals surface area contributed by atoms with E-state index in [-0.39, 0.29) is 28.8 Å². The van der Waals surface area contributed by atoms with Crippen molar-refractivity contribution in [2.75, 3.05) is 39.2 Å². The van der Waals surface area contributed by atoms with Crippen LogP contribution in [0.1, 0.15) is 17.3 Å². The molecule has 0 saturated carbocycles. The summed E-state index contributed by atoms with van der Waals surface area (Å²) in [6.45, 7) is 4.03. The Morgan fingerprint density at radius 2 is 2.12 bits per heavy atom. The molecule has 1 heterocycles. The molecule has 24 heavy (non-hydrogen) atoms. The molecule has 1 aromatic carbocycles. The fourth-order valence-electron chi connectivity index (χ4n) is 2.69. The Kier molecular flexibility index (Phi) is 6.42. The normalized spacial score (nSPS) is 20.7. The summed E-state index contributed by atoms with van der Waals surface area (Å²) in [4.78, 5) is 25.8. The van der Waals surface area contributed by atoms with Crippen LogP contribution >= 0.6 is 11.6 Å². The van der Waals surface area contributed by atoms with Gasteiger partial charge in [-0.15, -0.1) is 0 Å². The molecule has 132 valence electrons. The van der Waals surface area contributed by atoms with Gasteiger partial charge in [-0.05, 0) is 32.2 Å². The van der Waals surface area contributed by atoms with Crippen LogP contribution in [0.15, 0.2) is 18.2 Å². The second-order valence-electron chi connectivity index (χ2n) is 5.61. The quantitative estimate of drug-likeness (QED) is 0.789. The van der Waals surface area contributed by atoms with Crippen LogP contribution in [0, 0.1) is 0 Å². The number of methoxy groups -OCH3 is 1. The van der Waals surface area contributed by atoms with Crippen molar-refractivity contribution in [2.24, 2.45) is 0 Å². The number of benzene rings is 1. The van der Waals surface area contributed by atoms with E-state index in [0.29, 0.717) is 12.3 Å². The van der Waals surface area contributed by atoms with Crippen LogP contribution in [-0.4, -0.2) is 62.9 Å². The van der Waals surface area contributed by atoms with Gasteiger partial charge in [-0.25, -0.2) is 9.59 Å². The number of amides is 2. The number of hydrogen-bond donors (Lipinski definition) is 2. The fourth-order valence-corrected chi connectivity index (χ4v) is 2.95. The lowest BCUT2D eigenvalue weighted by atomic mass is 10.2.